The van der Waals surface area contributed by atoms with Gasteiger partial charge in [0, 0.05) is 30.5 Å². The number of benzene rings is 2. The van der Waals surface area contributed by atoms with Crippen molar-refractivity contribution in [2.24, 2.45) is 0 Å². The second-order valence-electron chi connectivity index (χ2n) is 9.78. The fraction of sp³-hybridized carbons (Fsp3) is 0.379. The Morgan fingerprint density at radius 2 is 1.69 bits per heavy atom. The molecule has 1 aliphatic heterocycles. The minimum atomic E-state index is -4.63. The van der Waals surface area contributed by atoms with Gasteiger partial charge in [-0.2, -0.15) is 13.2 Å². The molecular formula is C29H30F3N3O4. The van der Waals surface area contributed by atoms with Gasteiger partial charge in [-0.15, -0.1) is 0 Å². The molecular weight excluding hydrogens is 511 g/mol. The van der Waals surface area contributed by atoms with Gasteiger partial charge in [-0.1, -0.05) is 31.0 Å². The predicted octanol–water partition coefficient (Wildman–Crippen LogP) is 5.58. The number of rotatable bonds is 7. The van der Waals surface area contributed by atoms with E-state index in [-0.39, 0.29) is 17.5 Å². The van der Waals surface area contributed by atoms with Crippen LogP contribution in [0.4, 0.5) is 24.5 Å². The first-order valence-electron chi connectivity index (χ1n) is 13.1. The fourth-order valence-electron chi connectivity index (χ4n) is 5.19. The maximum Gasteiger partial charge on any atom is 0.416 e. The third-order valence-corrected chi connectivity index (χ3v) is 7.20. The van der Waals surface area contributed by atoms with Crippen LogP contribution in [-0.2, 0) is 15.7 Å². The Morgan fingerprint density at radius 1 is 0.974 bits per heavy atom. The molecule has 0 spiro atoms. The van der Waals surface area contributed by atoms with Crippen LogP contribution in [0.5, 0.6) is 0 Å². The Kier molecular flexibility index (Phi) is 7.92. The Hall–Kier alpha value is -3.79. The molecule has 10 heteroatoms. The number of halogens is 3. The zero-order valence-corrected chi connectivity index (χ0v) is 21.3. The molecule has 0 bridgehead atoms. The van der Waals surface area contributed by atoms with Crippen molar-refractivity contribution in [2.45, 2.75) is 43.9 Å². The lowest BCUT2D eigenvalue weighted by Crippen LogP contribution is -2.46. The summed E-state index contributed by atoms with van der Waals surface area (Å²) in [4.78, 5) is 30.9. The number of furan rings is 1. The van der Waals surface area contributed by atoms with Crippen molar-refractivity contribution in [3.63, 3.8) is 0 Å². The number of morpholine rings is 1. The van der Waals surface area contributed by atoms with Crippen molar-refractivity contribution < 1.29 is 31.9 Å². The Morgan fingerprint density at radius 3 is 2.33 bits per heavy atom. The van der Waals surface area contributed by atoms with E-state index in [0.717, 1.165) is 61.5 Å². The molecule has 2 aliphatic rings. The minimum absolute atomic E-state index is 0.0601. The highest BCUT2D eigenvalue weighted by molar-refractivity contribution is 6.08. The molecule has 5 rings (SSSR count). The maximum absolute atomic E-state index is 13.9. The fourth-order valence-corrected chi connectivity index (χ4v) is 5.19. The molecule has 2 aromatic carbocycles. The van der Waals surface area contributed by atoms with E-state index in [1.54, 1.807) is 12.1 Å². The number of nitrogens with zero attached hydrogens (tertiary/aromatic N) is 2. The van der Waals surface area contributed by atoms with Gasteiger partial charge in [-0.3, -0.25) is 14.5 Å². The Labute approximate surface area is 224 Å². The van der Waals surface area contributed by atoms with Gasteiger partial charge in [0.15, 0.2) is 5.76 Å². The molecule has 1 aromatic heterocycles. The van der Waals surface area contributed by atoms with Gasteiger partial charge < -0.3 is 19.4 Å². The van der Waals surface area contributed by atoms with Gasteiger partial charge in [0.2, 0.25) is 5.91 Å². The third kappa shape index (κ3) is 6.11. The summed E-state index contributed by atoms with van der Waals surface area (Å²) < 4.78 is 51.8. The maximum atomic E-state index is 13.9. The molecule has 1 N–H and O–H groups in total. The first-order valence-corrected chi connectivity index (χ1v) is 13.1. The van der Waals surface area contributed by atoms with E-state index < -0.39 is 29.6 Å². The predicted molar refractivity (Wildman–Crippen MR) is 140 cm³/mol. The summed E-state index contributed by atoms with van der Waals surface area (Å²) in [5.41, 5.74) is 0.421. The van der Waals surface area contributed by atoms with E-state index in [4.69, 9.17) is 9.15 Å². The molecule has 2 fully saturated rings. The van der Waals surface area contributed by atoms with Gasteiger partial charge in [0.25, 0.3) is 5.91 Å². The van der Waals surface area contributed by atoms with Gasteiger partial charge in [-0.25, -0.2) is 0 Å². The summed E-state index contributed by atoms with van der Waals surface area (Å²) in [6.45, 7) is 2.65. The number of alkyl halides is 3. The molecule has 1 saturated carbocycles. The SMILES string of the molecule is O=C(NC1CCCC1)C(c1ccc(N2CCOCC2)cc1)N(C(=O)c1ccco1)c1cccc(C(F)(F)F)c1. The molecule has 2 amide bonds. The van der Waals surface area contributed by atoms with Crippen molar-refractivity contribution in [3.8, 4) is 0 Å². The molecule has 1 atom stereocenters. The molecule has 1 unspecified atom stereocenters. The molecule has 3 aromatic rings. The molecule has 2 heterocycles. The monoisotopic (exact) mass is 541 g/mol. The van der Waals surface area contributed by atoms with Crippen LogP contribution < -0.4 is 15.1 Å². The summed E-state index contributed by atoms with van der Waals surface area (Å²) in [7, 11) is 0. The lowest BCUT2D eigenvalue weighted by Gasteiger charge is -2.33. The molecule has 0 radical (unpaired) electrons. The number of nitrogens with one attached hydrogen (secondary N) is 1. The van der Waals surface area contributed by atoms with Crippen LogP contribution >= 0.6 is 0 Å². The van der Waals surface area contributed by atoms with E-state index in [1.807, 2.05) is 12.1 Å². The number of carbonyl (C=O) groups excluding carboxylic acids is 2. The Bertz CT molecular complexity index is 1270. The standard InChI is InChI=1S/C29H30F3N3O4/c30-29(31,32)21-5-3-8-24(19-21)35(28(37)25-9-4-16-39-25)26(27(36)33-22-6-1-2-7-22)20-10-12-23(13-11-20)34-14-17-38-18-15-34/h3-5,8-13,16,19,22,26H,1-2,6-7,14-15,17-18H2,(H,33,36). The first kappa shape index (κ1) is 26.8. The van der Waals surface area contributed by atoms with E-state index in [1.165, 1.54) is 30.5 Å². The van der Waals surface area contributed by atoms with E-state index >= 15 is 0 Å². The summed E-state index contributed by atoms with van der Waals surface area (Å²) in [5.74, 6) is -1.27. The zero-order valence-electron chi connectivity index (χ0n) is 21.3. The smallest absolute Gasteiger partial charge is 0.416 e. The van der Waals surface area contributed by atoms with Crippen molar-refractivity contribution in [1.29, 1.82) is 0 Å². The van der Waals surface area contributed by atoms with Gasteiger partial charge >= 0.3 is 6.18 Å². The third-order valence-electron chi connectivity index (χ3n) is 7.20. The summed E-state index contributed by atoms with van der Waals surface area (Å²) in [6.07, 6.45) is 0.256. The lowest BCUT2D eigenvalue weighted by molar-refractivity contribution is -0.137. The van der Waals surface area contributed by atoms with Crippen LogP contribution in [0.1, 0.15) is 53.4 Å². The number of amides is 2. The van der Waals surface area contributed by atoms with Crippen LogP contribution in [0, 0.1) is 0 Å². The summed E-state index contributed by atoms with van der Waals surface area (Å²) in [6, 6.07) is 13.3. The van der Waals surface area contributed by atoms with Gasteiger partial charge in [0.1, 0.15) is 6.04 Å². The van der Waals surface area contributed by atoms with E-state index in [2.05, 4.69) is 10.2 Å². The normalized spacial score (nSPS) is 17.2. The average Bonchev–Trinajstić information content (AvgIpc) is 3.67. The van der Waals surface area contributed by atoms with E-state index in [0.29, 0.717) is 18.8 Å². The van der Waals surface area contributed by atoms with Crippen molar-refractivity contribution in [3.05, 3.63) is 83.8 Å². The quantitative estimate of drug-likeness (QED) is 0.423. The van der Waals surface area contributed by atoms with Crippen LogP contribution in [-0.4, -0.2) is 44.2 Å². The van der Waals surface area contributed by atoms with Crippen LogP contribution in [0.3, 0.4) is 0 Å². The topological polar surface area (TPSA) is 75.0 Å². The van der Waals surface area contributed by atoms with Crippen molar-refractivity contribution >= 4 is 23.2 Å². The van der Waals surface area contributed by atoms with Gasteiger partial charge in [-0.05, 0) is 60.9 Å². The number of hydrogen-bond donors (Lipinski definition) is 1. The summed E-state index contributed by atoms with van der Waals surface area (Å²) in [5, 5.41) is 3.04. The Balaban J connectivity index is 1.58. The number of carbonyl (C=O) groups is 2. The lowest BCUT2D eigenvalue weighted by atomic mass is 10.0. The molecule has 39 heavy (non-hydrogen) atoms. The van der Waals surface area contributed by atoms with Crippen LogP contribution in [0.25, 0.3) is 0 Å². The van der Waals surface area contributed by atoms with Crippen LogP contribution in [0.2, 0.25) is 0 Å². The highest BCUT2D eigenvalue weighted by Crippen LogP contribution is 2.36. The molecule has 1 aliphatic carbocycles. The molecule has 206 valence electrons. The second-order valence-corrected chi connectivity index (χ2v) is 9.78. The van der Waals surface area contributed by atoms with E-state index in [9.17, 15) is 22.8 Å². The van der Waals surface area contributed by atoms with Crippen LogP contribution in [0.15, 0.2) is 71.3 Å². The first-order chi connectivity index (χ1) is 18.8. The van der Waals surface area contributed by atoms with Crippen molar-refractivity contribution in [1.82, 2.24) is 5.32 Å². The van der Waals surface area contributed by atoms with Crippen molar-refractivity contribution in [2.75, 3.05) is 36.1 Å². The minimum Gasteiger partial charge on any atom is -0.459 e. The second kappa shape index (κ2) is 11.5. The summed E-state index contributed by atoms with van der Waals surface area (Å²) >= 11 is 0. The largest absolute Gasteiger partial charge is 0.459 e. The number of hydrogen-bond acceptors (Lipinski definition) is 5. The molecule has 7 nitrogen and oxygen atoms in total. The highest BCUT2D eigenvalue weighted by Gasteiger charge is 2.38. The number of anilines is 2. The zero-order chi connectivity index (χ0) is 27.4. The molecule has 1 saturated heterocycles. The average molecular weight is 542 g/mol. The highest BCUT2D eigenvalue weighted by atomic mass is 19.4. The number of ether oxygens (including phenoxy) is 1. The van der Waals surface area contributed by atoms with Gasteiger partial charge in [0.05, 0.1) is 25.0 Å².